The van der Waals surface area contributed by atoms with Gasteiger partial charge in [-0.05, 0) is 30.9 Å². The van der Waals surface area contributed by atoms with E-state index >= 15 is 0 Å². The van der Waals surface area contributed by atoms with E-state index in [1.807, 2.05) is 36.4 Å². The fraction of sp³-hybridized carbons (Fsp3) is 0.353. The summed E-state index contributed by atoms with van der Waals surface area (Å²) in [4.78, 5) is 13.2. The fourth-order valence-electron chi connectivity index (χ4n) is 3.01. The van der Waals surface area contributed by atoms with Crippen LogP contribution in [0.3, 0.4) is 0 Å². The molecule has 1 saturated heterocycles. The van der Waals surface area contributed by atoms with E-state index in [2.05, 4.69) is 5.32 Å². The van der Waals surface area contributed by atoms with Crippen molar-refractivity contribution in [3.05, 3.63) is 41.4 Å². The Bertz CT molecular complexity index is 893. The fourth-order valence-corrected chi connectivity index (χ4v) is 6.35. The summed E-state index contributed by atoms with van der Waals surface area (Å²) in [6.45, 7) is 1.79. The Hall–Kier alpha value is -1.24. The molecule has 1 N–H and O–H groups in total. The van der Waals surface area contributed by atoms with Gasteiger partial charge in [0.15, 0.2) is 9.84 Å². The molecule has 1 amide bonds. The van der Waals surface area contributed by atoms with Crippen LogP contribution in [0.1, 0.15) is 13.3 Å². The summed E-state index contributed by atoms with van der Waals surface area (Å²) in [6, 6.07) is 11.6. The summed E-state index contributed by atoms with van der Waals surface area (Å²) < 4.78 is 23.2. The van der Waals surface area contributed by atoms with Crippen LogP contribution >= 0.6 is 23.4 Å². The highest BCUT2D eigenvalue weighted by molar-refractivity contribution is 8.00. The Labute approximate surface area is 150 Å². The first kappa shape index (κ1) is 17.6. The van der Waals surface area contributed by atoms with E-state index in [4.69, 9.17) is 11.6 Å². The minimum absolute atomic E-state index is 0.0104. The van der Waals surface area contributed by atoms with Crippen LogP contribution in [0.15, 0.2) is 41.3 Å². The molecule has 0 bridgehead atoms. The highest BCUT2D eigenvalue weighted by atomic mass is 35.5. The van der Waals surface area contributed by atoms with Gasteiger partial charge in [0.25, 0.3) is 0 Å². The van der Waals surface area contributed by atoms with Crippen LogP contribution in [-0.2, 0) is 14.6 Å². The van der Waals surface area contributed by atoms with E-state index < -0.39 is 15.4 Å². The minimum Gasteiger partial charge on any atom is -0.349 e. The number of benzene rings is 2. The number of thioether (sulfide) groups is 1. The molecule has 1 heterocycles. The lowest BCUT2D eigenvalue weighted by atomic mass is 10.0. The van der Waals surface area contributed by atoms with Crippen molar-refractivity contribution in [2.24, 2.45) is 0 Å². The number of carbonyl (C=O) groups is 1. The van der Waals surface area contributed by atoms with Crippen molar-refractivity contribution in [3.63, 3.8) is 0 Å². The van der Waals surface area contributed by atoms with E-state index in [-0.39, 0.29) is 23.2 Å². The van der Waals surface area contributed by atoms with Crippen LogP contribution in [0.25, 0.3) is 10.8 Å². The first-order valence-corrected chi connectivity index (χ1v) is 10.8. The Morgan fingerprint density at radius 3 is 2.67 bits per heavy atom. The average Bonchev–Trinajstić information content (AvgIpc) is 2.78. The molecule has 7 heteroatoms. The Kier molecular flexibility index (Phi) is 4.82. The maximum atomic E-state index is 12.2. The van der Waals surface area contributed by atoms with Crippen LogP contribution in [0.2, 0.25) is 5.02 Å². The molecular formula is C17H18ClNO3S2. The molecule has 0 saturated carbocycles. The number of fused-ring (bicyclic) bond motifs is 1. The second-order valence-corrected chi connectivity index (χ2v) is 9.94. The number of hydrogen-bond acceptors (Lipinski definition) is 4. The predicted octanol–water partition coefficient (Wildman–Crippen LogP) is 3.28. The van der Waals surface area contributed by atoms with Crippen molar-refractivity contribution in [2.45, 2.75) is 23.8 Å². The second-order valence-electron chi connectivity index (χ2n) is 6.33. The lowest BCUT2D eigenvalue weighted by molar-refractivity contribution is -0.120. The topological polar surface area (TPSA) is 63.2 Å². The van der Waals surface area contributed by atoms with E-state index in [1.165, 1.54) is 11.8 Å². The van der Waals surface area contributed by atoms with Crippen LogP contribution in [0.5, 0.6) is 0 Å². The molecule has 0 radical (unpaired) electrons. The summed E-state index contributed by atoms with van der Waals surface area (Å²) in [7, 11) is -3.04. The molecule has 0 spiro atoms. The molecule has 2 aromatic carbocycles. The number of amides is 1. The van der Waals surface area contributed by atoms with Gasteiger partial charge in [-0.1, -0.05) is 35.9 Å². The lowest BCUT2D eigenvalue weighted by Gasteiger charge is -2.23. The summed E-state index contributed by atoms with van der Waals surface area (Å²) >= 11 is 7.70. The molecule has 1 atom stereocenters. The van der Waals surface area contributed by atoms with Crippen LogP contribution in [0.4, 0.5) is 0 Å². The molecule has 1 aliphatic rings. The highest BCUT2D eigenvalue weighted by Gasteiger charge is 2.39. The molecule has 4 nitrogen and oxygen atoms in total. The molecule has 128 valence electrons. The normalized spacial score (nSPS) is 22.6. The van der Waals surface area contributed by atoms with Crippen molar-refractivity contribution in [1.29, 1.82) is 0 Å². The third-order valence-electron chi connectivity index (χ3n) is 4.12. The van der Waals surface area contributed by atoms with Gasteiger partial charge in [-0.25, -0.2) is 8.42 Å². The number of hydrogen-bond donors (Lipinski definition) is 1. The highest BCUT2D eigenvalue weighted by Crippen LogP contribution is 2.33. The summed E-state index contributed by atoms with van der Waals surface area (Å²) in [5, 5.41) is 5.50. The summed E-state index contributed by atoms with van der Waals surface area (Å²) in [5.74, 6) is 0.204. The van der Waals surface area contributed by atoms with Gasteiger partial charge in [0.05, 0.1) is 22.8 Å². The van der Waals surface area contributed by atoms with Gasteiger partial charge in [0, 0.05) is 15.3 Å². The molecule has 1 aliphatic heterocycles. The maximum Gasteiger partial charge on any atom is 0.230 e. The first-order chi connectivity index (χ1) is 11.3. The number of carbonyl (C=O) groups excluding carboxylic acids is 1. The second kappa shape index (κ2) is 6.58. The van der Waals surface area contributed by atoms with Crippen LogP contribution in [-0.4, -0.2) is 37.1 Å². The standard InChI is InChI=1S/C17H18ClNO3S2/c1-17(8-9-24(21,22)11-17)19-15(20)10-23-14-7-3-5-12-4-2-6-13(18)16(12)14/h2-7H,8-11H2,1H3,(H,19,20). The van der Waals surface area contributed by atoms with Crippen LogP contribution in [0, 0.1) is 0 Å². The van der Waals surface area contributed by atoms with Crippen molar-refractivity contribution < 1.29 is 13.2 Å². The zero-order valence-corrected chi connectivity index (χ0v) is 15.6. The molecular weight excluding hydrogens is 366 g/mol. The molecule has 2 aromatic rings. The monoisotopic (exact) mass is 383 g/mol. The van der Waals surface area contributed by atoms with Crippen molar-refractivity contribution in [2.75, 3.05) is 17.3 Å². The lowest BCUT2D eigenvalue weighted by Crippen LogP contribution is -2.47. The van der Waals surface area contributed by atoms with E-state index in [1.54, 1.807) is 6.92 Å². The van der Waals surface area contributed by atoms with E-state index in [9.17, 15) is 13.2 Å². The molecule has 24 heavy (non-hydrogen) atoms. The van der Waals surface area contributed by atoms with Crippen LogP contribution < -0.4 is 5.32 Å². The van der Waals surface area contributed by atoms with Gasteiger partial charge in [0.2, 0.25) is 5.91 Å². The Morgan fingerprint density at radius 2 is 2.00 bits per heavy atom. The predicted molar refractivity (Wildman–Crippen MR) is 99.5 cm³/mol. The molecule has 1 fully saturated rings. The number of rotatable bonds is 4. The summed E-state index contributed by atoms with van der Waals surface area (Å²) in [5.41, 5.74) is -0.660. The number of sulfone groups is 1. The Morgan fingerprint density at radius 1 is 1.29 bits per heavy atom. The quantitative estimate of drug-likeness (QED) is 0.823. The molecule has 0 aliphatic carbocycles. The van der Waals surface area contributed by atoms with Crippen molar-refractivity contribution in [1.82, 2.24) is 5.32 Å². The van der Waals surface area contributed by atoms with Crippen molar-refractivity contribution >= 4 is 49.9 Å². The van der Waals surface area contributed by atoms with Gasteiger partial charge in [-0.15, -0.1) is 11.8 Å². The van der Waals surface area contributed by atoms with Crippen molar-refractivity contribution in [3.8, 4) is 0 Å². The maximum absolute atomic E-state index is 12.2. The average molecular weight is 384 g/mol. The third kappa shape index (κ3) is 3.87. The van der Waals surface area contributed by atoms with E-state index in [0.717, 1.165) is 15.7 Å². The molecule has 3 rings (SSSR count). The van der Waals surface area contributed by atoms with Gasteiger partial charge >= 0.3 is 0 Å². The number of nitrogens with one attached hydrogen (secondary N) is 1. The Balaban J connectivity index is 1.69. The first-order valence-electron chi connectivity index (χ1n) is 7.60. The smallest absolute Gasteiger partial charge is 0.230 e. The van der Waals surface area contributed by atoms with Gasteiger partial charge in [0.1, 0.15) is 0 Å². The minimum atomic E-state index is -3.04. The van der Waals surface area contributed by atoms with E-state index in [0.29, 0.717) is 11.4 Å². The summed E-state index contributed by atoms with van der Waals surface area (Å²) in [6.07, 6.45) is 0.464. The van der Waals surface area contributed by atoms with Gasteiger partial charge < -0.3 is 5.32 Å². The molecule has 0 aromatic heterocycles. The number of halogens is 1. The largest absolute Gasteiger partial charge is 0.349 e. The van der Waals surface area contributed by atoms with Gasteiger partial charge in [-0.3, -0.25) is 4.79 Å². The molecule has 1 unspecified atom stereocenters. The zero-order chi connectivity index (χ0) is 17.4. The van der Waals surface area contributed by atoms with Gasteiger partial charge in [-0.2, -0.15) is 0 Å². The third-order valence-corrected chi connectivity index (χ3v) is 7.39. The SMILES string of the molecule is CC1(NC(=O)CSc2cccc3cccc(Cl)c23)CCS(=O)(=O)C1. The zero-order valence-electron chi connectivity index (χ0n) is 13.2.